The van der Waals surface area contributed by atoms with Crippen LogP contribution in [-0.2, 0) is 25.7 Å². The van der Waals surface area contributed by atoms with E-state index in [1.807, 2.05) is 30.3 Å². The molecule has 0 saturated carbocycles. The van der Waals surface area contributed by atoms with Crippen LogP contribution in [-0.4, -0.2) is 46.8 Å². The van der Waals surface area contributed by atoms with Crippen LogP contribution in [0.1, 0.15) is 42.9 Å². The van der Waals surface area contributed by atoms with Gasteiger partial charge in [0.2, 0.25) is 11.8 Å². The maximum absolute atomic E-state index is 12.9. The summed E-state index contributed by atoms with van der Waals surface area (Å²) in [5.74, 6) is -2.35. The summed E-state index contributed by atoms with van der Waals surface area (Å²) in [5.41, 5.74) is 1.61. The standard InChI is InChI=1S/C25H29ClN2O6/c26-19-8-6-16(7-9-19)14-27-24(32)13-18-12-22(30)21(29)10-11-23(31)28-20(15-34-25(18)33)17-4-2-1-3-5-17/h1-9,18,20-22,29-30H,10-15H2,(H,27,32)(H,28,31)/t18-,20-,21-,22-/m0/s1. The molecule has 2 amide bonds. The van der Waals surface area contributed by atoms with Gasteiger partial charge in [-0.15, -0.1) is 0 Å². The molecule has 0 bridgehead atoms. The lowest BCUT2D eigenvalue weighted by molar-refractivity contribution is -0.154. The van der Waals surface area contributed by atoms with E-state index in [1.165, 1.54) is 0 Å². The van der Waals surface area contributed by atoms with E-state index >= 15 is 0 Å². The van der Waals surface area contributed by atoms with Crippen molar-refractivity contribution in [1.29, 1.82) is 0 Å². The predicted molar refractivity (Wildman–Crippen MR) is 126 cm³/mol. The molecule has 0 radical (unpaired) electrons. The number of carbonyl (C=O) groups excluding carboxylic acids is 3. The van der Waals surface area contributed by atoms with Crippen LogP contribution in [0.25, 0.3) is 0 Å². The summed E-state index contributed by atoms with van der Waals surface area (Å²) in [6, 6.07) is 15.5. The van der Waals surface area contributed by atoms with E-state index in [0.717, 1.165) is 11.1 Å². The van der Waals surface area contributed by atoms with Gasteiger partial charge >= 0.3 is 5.97 Å². The van der Waals surface area contributed by atoms with Crippen molar-refractivity contribution in [3.8, 4) is 0 Å². The van der Waals surface area contributed by atoms with Gasteiger partial charge in [0.05, 0.1) is 24.2 Å². The lowest BCUT2D eigenvalue weighted by atomic mass is 9.93. The molecule has 1 saturated heterocycles. The van der Waals surface area contributed by atoms with E-state index in [4.69, 9.17) is 16.3 Å². The van der Waals surface area contributed by atoms with Crippen molar-refractivity contribution >= 4 is 29.4 Å². The highest BCUT2D eigenvalue weighted by molar-refractivity contribution is 6.30. The third-order valence-electron chi connectivity index (χ3n) is 5.73. The summed E-state index contributed by atoms with van der Waals surface area (Å²) in [6.45, 7) is 0.140. The van der Waals surface area contributed by atoms with Gasteiger partial charge in [0.1, 0.15) is 6.61 Å². The number of hydrogen-bond donors (Lipinski definition) is 4. The average Bonchev–Trinajstić information content (AvgIpc) is 2.84. The molecule has 4 atom stereocenters. The molecule has 8 nitrogen and oxygen atoms in total. The van der Waals surface area contributed by atoms with E-state index in [-0.39, 0.29) is 44.7 Å². The van der Waals surface area contributed by atoms with E-state index in [0.29, 0.717) is 5.02 Å². The van der Waals surface area contributed by atoms with E-state index < -0.39 is 36.0 Å². The Morgan fingerprint density at radius 3 is 2.47 bits per heavy atom. The van der Waals surface area contributed by atoms with Crippen LogP contribution < -0.4 is 10.6 Å². The average molecular weight is 489 g/mol. The van der Waals surface area contributed by atoms with Gasteiger partial charge in [0.15, 0.2) is 0 Å². The Balaban J connectivity index is 1.68. The minimum absolute atomic E-state index is 0.00174. The monoisotopic (exact) mass is 488 g/mol. The Kier molecular flexibility index (Phi) is 9.44. The highest BCUT2D eigenvalue weighted by Gasteiger charge is 2.31. The molecule has 9 heteroatoms. The van der Waals surface area contributed by atoms with Gasteiger partial charge in [-0.25, -0.2) is 0 Å². The number of rotatable bonds is 5. The van der Waals surface area contributed by atoms with Crippen LogP contribution in [0, 0.1) is 5.92 Å². The van der Waals surface area contributed by atoms with Crippen molar-refractivity contribution in [3.05, 3.63) is 70.7 Å². The van der Waals surface area contributed by atoms with Crippen LogP contribution in [0.15, 0.2) is 54.6 Å². The molecular formula is C25H29ClN2O6. The summed E-state index contributed by atoms with van der Waals surface area (Å²) >= 11 is 5.87. The molecule has 0 aromatic heterocycles. The zero-order valence-electron chi connectivity index (χ0n) is 18.7. The van der Waals surface area contributed by atoms with Crippen molar-refractivity contribution < 1.29 is 29.3 Å². The molecule has 0 unspecified atom stereocenters. The highest BCUT2D eigenvalue weighted by atomic mass is 35.5. The molecule has 2 aromatic rings. The first-order valence-electron chi connectivity index (χ1n) is 11.2. The molecule has 0 aliphatic carbocycles. The van der Waals surface area contributed by atoms with Crippen LogP contribution in [0.5, 0.6) is 0 Å². The summed E-state index contributed by atoms with van der Waals surface area (Å²) in [7, 11) is 0. The molecule has 2 aromatic carbocycles. The van der Waals surface area contributed by atoms with Gasteiger partial charge in [-0.05, 0) is 36.1 Å². The third-order valence-corrected chi connectivity index (χ3v) is 5.99. The molecule has 0 spiro atoms. The van der Waals surface area contributed by atoms with Gasteiger partial charge in [-0.2, -0.15) is 0 Å². The van der Waals surface area contributed by atoms with Gasteiger partial charge in [0.25, 0.3) is 0 Å². The highest BCUT2D eigenvalue weighted by Crippen LogP contribution is 2.21. The molecule has 4 N–H and O–H groups in total. The first-order chi connectivity index (χ1) is 16.3. The van der Waals surface area contributed by atoms with Crippen LogP contribution in [0.2, 0.25) is 5.02 Å². The van der Waals surface area contributed by atoms with Crippen molar-refractivity contribution in [2.45, 2.75) is 50.5 Å². The number of halogens is 1. The Bertz CT molecular complexity index is 969. The van der Waals surface area contributed by atoms with E-state index in [1.54, 1.807) is 24.3 Å². The van der Waals surface area contributed by atoms with Gasteiger partial charge in [0, 0.05) is 24.4 Å². The molecule has 1 heterocycles. The largest absolute Gasteiger partial charge is 0.463 e. The molecule has 1 fully saturated rings. The number of amides is 2. The summed E-state index contributed by atoms with van der Waals surface area (Å²) in [6.07, 6.45) is -2.84. The van der Waals surface area contributed by atoms with Gasteiger partial charge < -0.3 is 25.6 Å². The molecule has 3 rings (SSSR count). The second kappa shape index (κ2) is 12.5. The van der Waals surface area contributed by atoms with Crippen molar-refractivity contribution in [2.24, 2.45) is 5.92 Å². The number of nitrogens with one attached hydrogen (secondary N) is 2. The minimum atomic E-state index is -1.28. The zero-order valence-corrected chi connectivity index (χ0v) is 19.4. The maximum Gasteiger partial charge on any atom is 0.309 e. The minimum Gasteiger partial charge on any atom is -0.463 e. The fraction of sp³-hybridized carbons (Fsp3) is 0.400. The van der Waals surface area contributed by atoms with Crippen LogP contribution in [0.4, 0.5) is 0 Å². The Hall–Kier alpha value is -2.94. The molecule has 34 heavy (non-hydrogen) atoms. The quantitative estimate of drug-likeness (QED) is 0.478. The van der Waals surface area contributed by atoms with Crippen molar-refractivity contribution in [1.82, 2.24) is 10.6 Å². The van der Waals surface area contributed by atoms with Gasteiger partial charge in [-0.3, -0.25) is 14.4 Å². The lowest BCUT2D eigenvalue weighted by Crippen LogP contribution is -2.38. The Morgan fingerprint density at radius 1 is 1.06 bits per heavy atom. The number of aliphatic hydroxyl groups is 2. The summed E-state index contributed by atoms with van der Waals surface area (Å²) in [5, 5.41) is 26.8. The zero-order chi connectivity index (χ0) is 24.5. The summed E-state index contributed by atoms with van der Waals surface area (Å²) in [4.78, 5) is 37.7. The van der Waals surface area contributed by atoms with Crippen LogP contribution in [0.3, 0.4) is 0 Å². The maximum atomic E-state index is 12.9. The number of ether oxygens (including phenoxy) is 1. The van der Waals surface area contributed by atoms with Crippen molar-refractivity contribution in [3.63, 3.8) is 0 Å². The number of cyclic esters (lactones) is 1. The smallest absolute Gasteiger partial charge is 0.309 e. The third kappa shape index (κ3) is 7.83. The first kappa shape index (κ1) is 25.7. The Labute approximate surface area is 203 Å². The molecule has 182 valence electrons. The number of carbonyl (C=O) groups is 3. The molecular weight excluding hydrogens is 460 g/mol. The lowest BCUT2D eigenvalue weighted by Gasteiger charge is -2.26. The fourth-order valence-electron chi connectivity index (χ4n) is 3.74. The van der Waals surface area contributed by atoms with E-state index in [2.05, 4.69) is 10.6 Å². The number of benzene rings is 2. The SMILES string of the molecule is O=C(C[C@@H]1C[C@H](O)[C@@H](O)CCC(=O)N[C@H](c2ccccc2)COC1=O)NCc1ccc(Cl)cc1. The predicted octanol–water partition coefficient (Wildman–Crippen LogP) is 2.27. The fourth-order valence-corrected chi connectivity index (χ4v) is 3.86. The first-order valence-corrected chi connectivity index (χ1v) is 11.6. The normalized spacial score (nSPS) is 24.2. The van der Waals surface area contributed by atoms with Crippen LogP contribution >= 0.6 is 11.6 Å². The summed E-state index contributed by atoms with van der Waals surface area (Å²) < 4.78 is 5.46. The van der Waals surface area contributed by atoms with Crippen molar-refractivity contribution in [2.75, 3.05) is 6.61 Å². The molecule has 1 aliphatic rings. The second-order valence-corrected chi connectivity index (χ2v) is 8.81. The molecule has 1 aliphatic heterocycles. The number of esters is 1. The Morgan fingerprint density at radius 2 is 1.76 bits per heavy atom. The number of hydrogen-bond acceptors (Lipinski definition) is 6. The number of aliphatic hydroxyl groups excluding tert-OH is 2. The van der Waals surface area contributed by atoms with Gasteiger partial charge in [-0.1, -0.05) is 54.1 Å². The topological polar surface area (TPSA) is 125 Å². The second-order valence-electron chi connectivity index (χ2n) is 8.37. The van der Waals surface area contributed by atoms with E-state index in [9.17, 15) is 24.6 Å².